The number of benzene rings is 4. The van der Waals surface area contributed by atoms with E-state index in [0.717, 1.165) is 26.2 Å². The number of hydrogen-bond donors (Lipinski definition) is 0. The maximum absolute atomic E-state index is 2.49. The van der Waals surface area contributed by atoms with E-state index in [9.17, 15) is 0 Å². The highest BCUT2D eigenvalue weighted by atomic mass is 15.2. The third-order valence-electron chi connectivity index (χ3n) is 6.66. The predicted molar refractivity (Wildman–Crippen MR) is 136 cm³/mol. The second-order valence-corrected chi connectivity index (χ2v) is 8.72. The van der Waals surface area contributed by atoms with Gasteiger partial charge >= 0.3 is 0 Å². The molecule has 32 heavy (non-hydrogen) atoms. The Labute approximate surface area is 188 Å². The fraction of sp³-hybridized carbons (Fsp3) is 0.172. The molecule has 0 N–H and O–H groups in total. The van der Waals surface area contributed by atoms with Crippen LogP contribution in [0.2, 0.25) is 0 Å². The summed E-state index contributed by atoms with van der Waals surface area (Å²) >= 11 is 0. The highest BCUT2D eigenvalue weighted by Gasteiger charge is 2.12. The molecule has 158 valence electrons. The first-order chi connectivity index (χ1) is 15.8. The molecule has 0 saturated heterocycles. The van der Waals surface area contributed by atoms with Crippen LogP contribution in [0.5, 0.6) is 0 Å². The van der Waals surface area contributed by atoms with Crippen LogP contribution in [0.4, 0.5) is 0 Å². The van der Waals surface area contributed by atoms with Crippen LogP contribution in [0.15, 0.2) is 97.1 Å². The van der Waals surface area contributed by atoms with E-state index in [1.807, 2.05) is 0 Å². The Kier molecular flexibility index (Phi) is 4.70. The molecular weight excluding hydrogens is 390 g/mol. The molecule has 0 fully saturated rings. The standard InChI is InChI=1S/C29H27N3/c1-30(21-32-28-17-8-4-13-24(28)25-14-5-9-18-29(25)32)19-10-20-31-26-15-6-2-11-22(26)23-12-3-7-16-27(23)31/h2-9,11-18H,10,19-21H2,1H3. The summed E-state index contributed by atoms with van der Waals surface area (Å²) in [6.45, 7) is 2.95. The molecular formula is C29H27N3. The molecule has 0 bridgehead atoms. The SMILES string of the molecule is CN(CCCn1c2ccccc2c2ccccc21)Cn1c2ccccc2c2ccccc21. The lowest BCUT2D eigenvalue weighted by atomic mass is 10.2. The van der Waals surface area contributed by atoms with Crippen molar-refractivity contribution in [1.82, 2.24) is 14.0 Å². The third-order valence-corrected chi connectivity index (χ3v) is 6.66. The highest BCUT2D eigenvalue weighted by Crippen LogP contribution is 2.30. The fourth-order valence-corrected chi connectivity index (χ4v) is 5.21. The summed E-state index contributed by atoms with van der Waals surface area (Å²) < 4.78 is 4.93. The van der Waals surface area contributed by atoms with E-state index in [1.165, 1.54) is 43.6 Å². The predicted octanol–water partition coefficient (Wildman–Crippen LogP) is 6.88. The molecule has 2 heterocycles. The van der Waals surface area contributed by atoms with Gasteiger partial charge in [-0.2, -0.15) is 0 Å². The van der Waals surface area contributed by atoms with Gasteiger partial charge in [0, 0.05) is 45.7 Å². The van der Waals surface area contributed by atoms with Crippen molar-refractivity contribution in [2.75, 3.05) is 13.6 Å². The summed E-state index contributed by atoms with van der Waals surface area (Å²) in [7, 11) is 2.23. The van der Waals surface area contributed by atoms with E-state index in [0.29, 0.717) is 0 Å². The van der Waals surface area contributed by atoms with E-state index in [4.69, 9.17) is 0 Å². The molecule has 4 aromatic carbocycles. The number of aryl methyl sites for hydroxylation is 1. The number of fused-ring (bicyclic) bond motifs is 6. The molecule has 0 radical (unpaired) electrons. The van der Waals surface area contributed by atoms with Gasteiger partial charge in [0.1, 0.15) is 0 Å². The monoisotopic (exact) mass is 417 g/mol. The second kappa shape index (κ2) is 7.85. The topological polar surface area (TPSA) is 13.1 Å². The molecule has 6 rings (SSSR count). The van der Waals surface area contributed by atoms with Crippen LogP contribution in [0.3, 0.4) is 0 Å². The van der Waals surface area contributed by atoms with Crippen LogP contribution < -0.4 is 0 Å². The van der Waals surface area contributed by atoms with Crippen LogP contribution in [0.25, 0.3) is 43.6 Å². The first-order valence-electron chi connectivity index (χ1n) is 11.4. The van der Waals surface area contributed by atoms with Gasteiger partial charge < -0.3 is 9.13 Å². The molecule has 0 atom stereocenters. The van der Waals surface area contributed by atoms with Crippen molar-refractivity contribution in [3.63, 3.8) is 0 Å². The lowest BCUT2D eigenvalue weighted by Crippen LogP contribution is -2.24. The maximum Gasteiger partial charge on any atom is 0.0754 e. The maximum atomic E-state index is 2.49. The van der Waals surface area contributed by atoms with Gasteiger partial charge in [0.2, 0.25) is 0 Å². The largest absolute Gasteiger partial charge is 0.340 e. The Morgan fingerprint density at radius 2 is 0.906 bits per heavy atom. The third kappa shape index (κ3) is 3.09. The summed E-state index contributed by atoms with van der Waals surface area (Å²) in [5.74, 6) is 0. The lowest BCUT2D eigenvalue weighted by molar-refractivity contribution is 0.269. The van der Waals surface area contributed by atoms with E-state index < -0.39 is 0 Å². The van der Waals surface area contributed by atoms with Crippen LogP contribution in [-0.4, -0.2) is 27.6 Å². The van der Waals surface area contributed by atoms with Crippen molar-refractivity contribution in [3.05, 3.63) is 97.1 Å². The van der Waals surface area contributed by atoms with E-state index in [-0.39, 0.29) is 0 Å². The van der Waals surface area contributed by atoms with Crippen LogP contribution in [0, 0.1) is 0 Å². The average molecular weight is 418 g/mol. The van der Waals surface area contributed by atoms with Crippen molar-refractivity contribution < 1.29 is 0 Å². The van der Waals surface area contributed by atoms with E-state index >= 15 is 0 Å². The van der Waals surface area contributed by atoms with Crippen molar-refractivity contribution >= 4 is 43.6 Å². The molecule has 0 aliphatic carbocycles. The summed E-state index contributed by atoms with van der Waals surface area (Å²) in [6, 6.07) is 35.0. The Bertz CT molecular complexity index is 1450. The van der Waals surface area contributed by atoms with Gasteiger partial charge in [0.25, 0.3) is 0 Å². The smallest absolute Gasteiger partial charge is 0.0754 e. The van der Waals surface area contributed by atoms with Gasteiger partial charge in [-0.15, -0.1) is 0 Å². The van der Waals surface area contributed by atoms with Gasteiger partial charge in [-0.05, 0) is 37.7 Å². The molecule has 6 aromatic rings. The number of para-hydroxylation sites is 4. The zero-order valence-electron chi connectivity index (χ0n) is 18.4. The van der Waals surface area contributed by atoms with Crippen LogP contribution in [0.1, 0.15) is 6.42 Å². The normalized spacial score (nSPS) is 12.1. The van der Waals surface area contributed by atoms with Gasteiger partial charge in [-0.3, -0.25) is 4.90 Å². The van der Waals surface area contributed by atoms with E-state index in [2.05, 4.69) is 118 Å². The number of rotatable bonds is 6. The minimum absolute atomic E-state index is 0.890. The molecule has 2 aromatic heterocycles. The quantitative estimate of drug-likeness (QED) is 0.288. The van der Waals surface area contributed by atoms with Gasteiger partial charge in [0.15, 0.2) is 0 Å². The Morgan fingerprint density at radius 1 is 0.531 bits per heavy atom. The summed E-state index contributed by atoms with van der Waals surface area (Å²) in [5, 5.41) is 5.37. The van der Waals surface area contributed by atoms with Crippen molar-refractivity contribution in [2.45, 2.75) is 19.6 Å². The molecule has 0 amide bonds. The van der Waals surface area contributed by atoms with Crippen molar-refractivity contribution in [2.24, 2.45) is 0 Å². The van der Waals surface area contributed by atoms with Gasteiger partial charge in [-0.25, -0.2) is 0 Å². The summed E-state index contributed by atoms with van der Waals surface area (Å²) in [5.41, 5.74) is 5.28. The zero-order chi connectivity index (χ0) is 21.5. The minimum atomic E-state index is 0.890. The molecule has 3 nitrogen and oxygen atoms in total. The molecule has 0 unspecified atom stereocenters. The lowest BCUT2D eigenvalue weighted by Gasteiger charge is -2.19. The second-order valence-electron chi connectivity index (χ2n) is 8.72. The Balaban J connectivity index is 1.24. The van der Waals surface area contributed by atoms with Crippen molar-refractivity contribution in [1.29, 1.82) is 0 Å². The minimum Gasteiger partial charge on any atom is -0.340 e. The molecule has 0 aliphatic heterocycles. The summed E-state index contributed by atoms with van der Waals surface area (Å²) in [6.07, 6.45) is 1.11. The first kappa shape index (κ1) is 19.1. The van der Waals surface area contributed by atoms with Crippen molar-refractivity contribution in [3.8, 4) is 0 Å². The number of nitrogens with zero attached hydrogens (tertiary/aromatic N) is 3. The molecule has 0 spiro atoms. The zero-order valence-corrected chi connectivity index (χ0v) is 18.4. The average Bonchev–Trinajstić information content (AvgIpc) is 3.33. The first-order valence-corrected chi connectivity index (χ1v) is 11.4. The van der Waals surface area contributed by atoms with Crippen LogP contribution >= 0.6 is 0 Å². The van der Waals surface area contributed by atoms with Crippen LogP contribution in [-0.2, 0) is 13.2 Å². The molecule has 0 aliphatic rings. The number of aromatic nitrogens is 2. The molecule has 0 saturated carbocycles. The Morgan fingerprint density at radius 3 is 1.34 bits per heavy atom. The van der Waals surface area contributed by atoms with Gasteiger partial charge in [-0.1, -0.05) is 72.8 Å². The highest BCUT2D eigenvalue weighted by molar-refractivity contribution is 6.08. The van der Waals surface area contributed by atoms with Gasteiger partial charge in [0.05, 0.1) is 17.7 Å². The molecule has 3 heteroatoms. The van der Waals surface area contributed by atoms with E-state index in [1.54, 1.807) is 0 Å². The summed E-state index contributed by atoms with van der Waals surface area (Å²) in [4.78, 5) is 2.44. The number of hydrogen-bond acceptors (Lipinski definition) is 1. The Hall–Kier alpha value is -3.56. The fourth-order valence-electron chi connectivity index (χ4n) is 5.21.